The minimum absolute atomic E-state index is 0.0401. The van der Waals surface area contributed by atoms with Gasteiger partial charge in [0.1, 0.15) is 18.3 Å². The number of carbonyl (C=O) groups is 3. The Balaban J connectivity index is 5.10. The Morgan fingerprint density at radius 3 is 0.761 bits per heavy atom. The van der Waals surface area contributed by atoms with E-state index in [1.165, 1.54) is 180 Å². The number of hydrogen-bond acceptors (Lipinski definition) is 8. The van der Waals surface area contributed by atoms with E-state index in [2.05, 4.69) is 58.6 Å². The second kappa shape index (κ2) is 54.6. The van der Waals surface area contributed by atoms with Gasteiger partial charge in [-0.05, 0) is 111 Å². The Bertz CT molecular complexity index is 1030. The van der Waals surface area contributed by atoms with E-state index in [4.69, 9.17) is 14.2 Å². The molecular formula is C63H124N2O6. The predicted octanol–water partition coefficient (Wildman–Crippen LogP) is 18.6. The number of carbonyl (C=O) groups excluding carboxylic acids is 3. The maximum Gasteiger partial charge on any atom is 0.307 e. The average Bonchev–Trinajstić information content (AvgIpc) is 3.35. The number of ether oxygens (including phenoxy) is 3. The minimum atomic E-state index is -0.140. The van der Waals surface area contributed by atoms with Crippen LogP contribution in [0.25, 0.3) is 0 Å². The molecule has 0 spiro atoms. The Kier molecular flexibility index (Phi) is 53.3. The van der Waals surface area contributed by atoms with E-state index in [1.54, 1.807) is 0 Å². The van der Waals surface area contributed by atoms with Crippen LogP contribution < -0.4 is 0 Å². The van der Waals surface area contributed by atoms with Crippen molar-refractivity contribution in [1.82, 2.24) is 9.80 Å². The fraction of sp³-hybridized carbons (Fsp3) is 0.952. The summed E-state index contributed by atoms with van der Waals surface area (Å²) in [6.07, 6.45) is 53.5. The zero-order valence-corrected chi connectivity index (χ0v) is 48.9. The van der Waals surface area contributed by atoms with Gasteiger partial charge in [0.2, 0.25) is 0 Å². The molecule has 8 nitrogen and oxygen atoms in total. The summed E-state index contributed by atoms with van der Waals surface area (Å²) < 4.78 is 18.5. The standard InChI is InChI=1S/C63H124N2O6/c1-8-12-16-20-24-28-32-38-46-58(47-39-33-29-25-21-17-13-9-2)69-61(66)52-44-36-42-50-60(71-63(68)54-55-65(7)57-56-64(5)6)51-43-37-45-53-62(67)70-59(48-40-34-30-26-22-18-14-10-3)49-41-35-31-27-23-19-15-11-4/h58-60H,8-57H2,1-7H3. The second-order valence-corrected chi connectivity index (χ2v) is 22.4. The summed E-state index contributed by atoms with van der Waals surface area (Å²) in [5.74, 6) is -0.208. The van der Waals surface area contributed by atoms with Crippen LogP contribution in [0.4, 0.5) is 0 Å². The van der Waals surface area contributed by atoms with Gasteiger partial charge in [0.05, 0.1) is 6.42 Å². The van der Waals surface area contributed by atoms with Crippen molar-refractivity contribution in [3.05, 3.63) is 0 Å². The van der Waals surface area contributed by atoms with Gasteiger partial charge in [-0.1, -0.05) is 220 Å². The minimum Gasteiger partial charge on any atom is -0.462 e. The van der Waals surface area contributed by atoms with E-state index in [1.807, 2.05) is 0 Å². The van der Waals surface area contributed by atoms with Crippen LogP contribution in [0, 0.1) is 0 Å². The molecule has 0 saturated heterocycles. The van der Waals surface area contributed by atoms with Gasteiger partial charge in [-0.15, -0.1) is 0 Å². The van der Waals surface area contributed by atoms with Crippen LogP contribution in [0.1, 0.15) is 329 Å². The number of unbranched alkanes of at least 4 members (excludes halogenated alkanes) is 32. The molecular weight excluding hydrogens is 881 g/mol. The van der Waals surface area contributed by atoms with Crippen molar-refractivity contribution < 1.29 is 28.6 Å². The third-order valence-corrected chi connectivity index (χ3v) is 14.9. The quantitative estimate of drug-likeness (QED) is 0.0338. The highest BCUT2D eigenvalue weighted by atomic mass is 16.6. The van der Waals surface area contributed by atoms with Crippen molar-refractivity contribution in [2.75, 3.05) is 40.8 Å². The Morgan fingerprint density at radius 2 is 0.507 bits per heavy atom. The lowest BCUT2D eigenvalue weighted by Gasteiger charge is -2.21. The fourth-order valence-corrected chi connectivity index (χ4v) is 9.95. The Labute approximate surface area is 443 Å². The maximum absolute atomic E-state index is 13.2. The molecule has 0 saturated carbocycles. The average molecular weight is 1010 g/mol. The molecule has 0 bridgehead atoms. The van der Waals surface area contributed by atoms with Crippen LogP contribution in [0.5, 0.6) is 0 Å². The van der Waals surface area contributed by atoms with E-state index in [0.29, 0.717) is 25.8 Å². The summed E-state index contributed by atoms with van der Waals surface area (Å²) in [6, 6.07) is 0. The SMILES string of the molecule is CCCCCCCCCCC(CCCCCCCCCC)OC(=O)CCCCCC(CCCCCC(=O)OC(CCCCCCCCCC)CCCCCCCCCC)OC(=O)CCN(C)CCN(C)C. The van der Waals surface area contributed by atoms with Crippen LogP contribution in [-0.4, -0.2) is 86.8 Å². The summed E-state index contributed by atoms with van der Waals surface area (Å²) in [4.78, 5) is 43.8. The first-order chi connectivity index (χ1) is 34.6. The van der Waals surface area contributed by atoms with E-state index < -0.39 is 0 Å². The van der Waals surface area contributed by atoms with Gasteiger partial charge in [-0.3, -0.25) is 14.4 Å². The van der Waals surface area contributed by atoms with Crippen molar-refractivity contribution >= 4 is 17.9 Å². The van der Waals surface area contributed by atoms with Crippen molar-refractivity contribution in [3.63, 3.8) is 0 Å². The monoisotopic (exact) mass is 1000 g/mol. The molecule has 0 rings (SSSR count). The van der Waals surface area contributed by atoms with E-state index >= 15 is 0 Å². The molecule has 0 amide bonds. The summed E-state index contributed by atoms with van der Waals surface area (Å²) in [5, 5.41) is 0. The van der Waals surface area contributed by atoms with Gasteiger partial charge >= 0.3 is 17.9 Å². The van der Waals surface area contributed by atoms with Crippen molar-refractivity contribution in [2.45, 2.75) is 348 Å². The molecule has 0 heterocycles. The van der Waals surface area contributed by atoms with Crippen LogP contribution in [-0.2, 0) is 28.6 Å². The Hall–Kier alpha value is -1.67. The van der Waals surface area contributed by atoms with Gasteiger partial charge in [-0.2, -0.15) is 0 Å². The van der Waals surface area contributed by atoms with Crippen molar-refractivity contribution in [2.24, 2.45) is 0 Å². The van der Waals surface area contributed by atoms with Crippen LogP contribution in [0.2, 0.25) is 0 Å². The molecule has 0 atom stereocenters. The first-order valence-electron chi connectivity index (χ1n) is 31.6. The van der Waals surface area contributed by atoms with Gasteiger partial charge < -0.3 is 24.0 Å². The molecule has 0 unspecified atom stereocenters. The van der Waals surface area contributed by atoms with Gasteiger partial charge in [0.25, 0.3) is 0 Å². The lowest BCUT2D eigenvalue weighted by Crippen LogP contribution is -2.31. The number of esters is 3. The molecule has 0 fully saturated rings. The predicted molar refractivity (Wildman–Crippen MR) is 305 cm³/mol. The van der Waals surface area contributed by atoms with Crippen molar-refractivity contribution in [1.29, 1.82) is 0 Å². The molecule has 0 aromatic heterocycles. The zero-order chi connectivity index (χ0) is 52.1. The molecule has 0 aliphatic rings. The largest absolute Gasteiger partial charge is 0.462 e. The number of hydrogen-bond donors (Lipinski definition) is 0. The number of rotatable bonds is 57. The van der Waals surface area contributed by atoms with Crippen LogP contribution >= 0.6 is 0 Å². The van der Waals surface area contributed by atoms with E-state index in [9.17, 15) is 14.4 Å². The highest BCUT2D eigenvalue weighted by Crippen LogP contribution is 2.22. The van der Waals surface area contributed by atoms with Crippen molar-refractivity contribution in [3.8, 4) is 0 Å². The highest BCUT2D eigenvalue weighted by Gasteiger charge is 2.19. The molecule has 422 valence electrons. The molecule has 0 aliphatic carbocycles. The molecule has 0 N–H and O–H groups in total. The summed E-state index contributed by atoms with van der Waals surface area (Å²) in [6.45, 7) is 11.6. The maximum atomic E-state index is 13.2. The second-order valence-electron chi connectivity index (χ2n) is 22.4. The zero-order valence-electron chi connectivity index (χ0n) is 48.9. The number of nitrogens with zero attached hydrogens (tertiary/aromatic N) is 2. The van der Waals surface area contributed by atoms with Gasteiger partial charge in [0.15, 0.2) is 0 Å². The highest BCUT2D eigenvalue weighted by molar-refractivity contribution is 5.70. The molecule has 0 aliphatic heterocycles. The lowest BCUT2D eigenvalue weighted by molar-refractivity contribution is -0.151. The summed E-state index contributed by atoms with van der Waals surface area (Å²) in [5.41, 5.74) is 0. The summed E-state index contributed by atoms with van der Waals surface area (Å²) in [7, 11) is 6.20. The molecule has 0 aromatic carbocycles. The van der Waals surface area contributed by atoms with E-state index in [0.717, 1.165) is 116 Å². The smallest absolute Gasteiger partial charge is 0.307 e. The Morgan fingerprint density at radius 1 is 0.282 bits per heavy atom. The third kappa shape index (κ3) is 51.6. The first kappa shape index (κ1) is 69.3. The van der Waals surface area contributed by atoms with Gasteiger partial charge in [0, 0.05) is 32.5 Å². The third-order valence-electron chi connectivity index (χ3n) is 14.9. The molecule has 71 heavy (non-hydrogen) atoms. The fourth-order valence-electron chi connectivity index (χ4n) is 9.95. The molecule has 8 heteroatoms. The van der Waals surface area contributed by atoms with Crippen LogP contribution in [0.15, 0.2) is 0 Å². The van der Waals surface area contributed by atoms with Gasteiger partial charge in [-0.25, -0.2) is 0 Å². The van der Waals surface area contributed by atoms with E-state index in [-0.39, 0.29) is 36.2 Å². The number of likely N-dealkylation sites (N-methyl/N-ethyl adjacent to an activating group) is 2. The molecule has 0 aromatic rings. The topological polar surface area (TPSA) is 85.4 Å². The van der Waals surface area contributed by atoms with Crippen LogP contribution in [0.3, 0.4) is 0 Å². The normalized spacial score (nSPS) is 11.8. The lowest BCUT2D eigenvalue weighted by atomic mass is 10.0. The first-order valence-corrected chi connectivity index (χ1v) is 31.6. The molecule has 0 radical (unpaired) electrons. The summed E-state index contributed by atoms with van der Waals surface area (Å²) >= 11 is 0.